The summed E-state index contributed by atoms with van der Waals surface area (Å²) < 4.78 is 13.6. The van der Waals surface area contributed by atoms with Crippen LogP contribution in [0, 0.1) is 15.9 Å². The van der Waals surface area contributed by atoms with Crippen LogP contribution in [0.1, 0.15) is 44.4 Å². The zero-order chi connectivity index (χ0) is 16.5. The molecule has 1 aromatic heterocycles. The van der Waals surface area contributed by atoms with Crippen molar-refractivity contribution in [3.05, 3.63) is 50.2 Å². The molecule has 118 valence electrons. The summed E-state index contributed by atoms with van der Waals surface area (Å²) in [6.07, 6.45) is 0. The molecule has 5 nitrogen and oxygen atoms in total. The summed E-state index contributed by atoms with van der Waals surface area (Å²) in [5.41, 5.74) is 0.529. The van der Waals surface area contributed by atoms with Gasteiger partial charge in [0.1, 0.15) is 10.7 Å². The molecule has 1 unspecified atom stereocenters. The Morgan fingerprint density at radius 1 is 1.41 bits per heavy atom. The van der Waals surface area contributed by atoms with Crippen LogP contribution in [0.4, 0.5) is 15.8 Å². The Morgan fingerprint density at radius 2 is 2.09 bits per heavy atom. The number of aromatic nitrogens is 1. The number of hydrogen-bond donors (Lipinski definition) is 1. The summed E-state index contributed by atoms with van der Waals surface area (Å²) in [4.78, 5) is 14.9. The van der Waals surface area contributed by atoms with Crippen molar-refractivity contribution < 1.29 is 9.31 Å². The molecule has 0 amide bonds. The molecule has 2 aromatic rings. The second kappa shape index (κ2) is 6.00. The first-order chi connectivity index (χ1) is 10.2. The summed E-state index contributed by atoms with van der Waals surface area (Å²) in [6.45, 7) is 8.06. The molecule has 22 heavy (non-hydrogen) atoms. The van der Waals surface area contributed by atoms with Gasteiger partial charge in [-0.2, -0.15) is 4.39 Å². The summed E-state index contributed by atoms with van der Waals surface area (Å²) in [5, 5.41) is 16.8. The zero-order valence-corrected chi connectivity index (χ0v) is 13.7. The number of nitro benzene ring substituents is 1. The average molecular weight is 323 g/mol. The van der Waals surface area contributed by atoms with Crippen molar-refractivity contribution in [2.75, 3.05) is 5.32 Å². The lowest BCUT2D eigenvalue weighted by Crippen LogP contribution is -2.13. The smallest absolute Gasteiger partial charge is 0.327 e. The minimum Gasteiger partial charge on any atom is -0.370 e. The van der Waals surface area contributed by atoms with E-state index in [9.17, 15) is 14.5 Å². The number of nitro groups is 1. The fourth-order valence-electron chi connectivity index (χ4n) is 1.94. The highest BCUT2D eigenvalue weighted by Crippen LogP contribution is 2.32. The molecule has 0 bridgehead atoms. The van der Waals surface area contributed by atoms with E-state index >= 15 is 0 Å². The van der Waals surface area contributed by atoms with E-state index in [-0.39, 0.29) is 17.1 Å². The van der Waals surface area contributed by atoms with Crippen molar-refractivity contribution >= 4 is 22.7 Å². The molecule has 2 rings (SSSR count). The van der Waals surface area contributed by atoms with Crippen LogP contribution in [-0.2, 0) is 5.41 Å². The van der Waals surface area contributed by atoms with E-state index < -0.39 is 16.4 Å². The number of hydrogen-bond acceptors (Lipinski definition) is 5. The monoisotopic (exact) mass is 323 g/mol. The van der Waals surface area contributed by atoms with Gasteiger partial charge in [0.05, 0.1) is 16.7 Å². The first-order valence-corrected chi connectivity index (χ1v) is 7.73. The number of benzene rings is 1. The molecule has 0 radical (unpaired) electrons. The number of rotatable bonds is 4. The van der Waals surface area contributed by atoms with Gasteiger partial charge >= 0.3 is 5.69 Å². The van der Waals surface area contributed by atoms with Crippen molar-refractivity contribution in [2.45, 2.75) is 39.2 Å². The third kappa shape index (κ3) is 3.41. The third-order valence-corrected chi connectivity index (χ3v) is 4.23. The molecule has 0 aliphatic carbocycles. The van der Waals surface area contributed by atoms with Gasteiger partial charge in [-0.15, -0.1) is 11.3 Å². The lowest BCUT2D eigenvalue weighted by Gasteiger charge is -2.16. The molecule has 1 aromatic carbocycles. The van der Waals surface area contributed by atoms with E-state index in [1.54, 1.807) is 0 Å². The van der Waals surface area contributed by atoms with Crippen molar-refractivity contribution in [1.29, 1.82) is 0 Å². The van der Waals surface area contributed by atoms with E-state index in [1.807, 2.05) is 12.3 Å². The fourth-order valence-corrected chi connectivity index (χ4v) is 3.00. The lowest BCUT2D eigenvalue weighted by atomic mass is 9.93. The van der Waals surface area contributed by atoms with E-state index in [1.165, 1.54) is 23.5 Å². The molecule has 0 aliphatic rings. The summed E-state index contributed by atoms with van der Waals surface area (Å²) in [6, 6.07) is 3.77. The van der Waals surface area contributed by atoms with E-state index in [4.69, 9.17) is 0 Å². The molecular formula is C15H18FN3O2S. The molecule has 0 fully saturated rings. The van der Waals surface area contributed by atoms with Crippen molar-refractivity contribution in [3.63, 3.8) is 0 Å². The van der Waals surface area contributed by atoms with Crippen molar-refractivity contribution in [3.8, 4) is 0 Å². The van der Waals surface area contributed by atoms with Gasteiger partial charge in [0.25, 0.3) is 0 Å². The quantitative estimate of drug-likeness (QED) is 0.656. The fraction of sp³-hybridized carbons (Fsp3) is 0.400. The van der Waals surface area contributed by atoms with E-state index in [0.29, 0.717) is 0 Å². The first kappa shape index (κ1) is 16.4. The average Bonchev–Trinajstić information content (AvgIpc) is 2.87. The van der Waals surface area contributed by atoms with Gasteiger partial charge in [-0.25, -0.2) is 4.98 Å². The summed E-state index contributed by atoms with van der Waals surface area (Å²) in [5.74, 6) is -0.850. The second-order valence-electron chi connectivity index (χ2n) is 6.08. The molecule has 1 heterocycles. The van der Waals surface area contributed by atoms with E-state index in [2.05, 4.69) is 31.1 Å². The first-order valence-electron chi connectivity index (χ1n) is 6.85. The molecular weight excluding hydrogens is 305 g/mol. The Balaban J connectivity index is 2.26. The van der Waals surface area contributed by atoms with Gasteiger partial charge in [0, 0.05) is 10.8 Å². The zero-order valence-electron chi connectivity index (χ0n) is 12.9. The van der Waals surface area contributed by atoms with Crippen LogP contribution in [0.15, 0.2) is 23.6 Å². The number of nitrogens with one attached hydrogen (secondary N) is 1. The minimum atomic E-state index is -0.850. The molecule has 0 saturated heterocycles. The Bertz CT molecular complexity index is 694. The summed E-state index contributed by atoms with van der Waals surface area (Å²) in [7, 11) is 0. The van der Waals surface area contributed by atoms with Crippen LogP contribution in [0.3, 0.4) is 0 Å². The molecule has 0 saturated carbocycles. The maximum Gasteiger partial charge on any atom is 0.327 e. The Hall–Kier alpha value is -2.02. The molecule has 0 aliphatic heterocycles. The number of anilines is 1. The molecule has 1 atom stereocenters. The standard InChI is InChI=1S/C15H18FN3O2S/c1-9(14-18-12(8-22-14)15(2,3)4)17-11-7-5-6-10(16)13(11)19(20)21/h5-9,17H,1-4H3. The Morgan fingerprint density at radius 3 is 2.64 bits per heavy atom. The second-order valence-corrected chi connectivity index (χ2v) is 6.97. The van der Waals surface area contributed by atoms with Crippen LogP contribution >= 0.6 is 11.3 Å². The largest absolute Gasteiger partial charge is 0.370 e. The molecule has 0 spiro atoms. The Kier molecular flexibility index (Phi) is 4.46. The van der Waals surface area contributed by atoms with Crippen LogP contribution < -0.4 is 5.32 Å². The number of para-hydroxylation sites is 1. The van der Waals surface area contributed by atoms with Gasteiger partial charge in [0.15, 0.2) is 0 Å². The van der Waals surface area contributed by atoms with Crippen molar-refractivity contribution in [2.24, 2.45) is 0 Å². The highest BCUT2D eigenvalue weighted by molar-refractivity contribution is 7.09. The van der Waals surface area contributed by atoms with Crippen LogP contribution in [-0.4, -0.2) is 9.91 Å². The number of thiazole rings is 1. The maximum atomic E-state index is 13.6. The summed E-state index contributed by atoms with van der Waals surface area (Å²) >= 11 is 1.49. The van der Waals surface area contributed by atoms with Gasteiger partial charge in [0.2, 0.25) is 5.82 Å². The van der Waals surface area contributed by atoms with Gasteiger partial charge in [-0.3, -0.25) is 10.1 Å². The van der Waals surface area contributed by atoms with Crippen LogP contribution in [0.2, 0.25) is 0 Å². The molecule has 1 N–H and O–H groups in total. The van der Waals surface area contributed by atoms with Crippen molar-refractivity contribution in [1.82, 2.24) is 4.98 Å². The third-order valence-electron chi connectivity index (χ3n) is 3.20. The Labute approximate surface area is 132 Å². The number of halogens is 1. The SMILES string of the molecule is CC(Nc1cccc(F)c1[N+](=O)[O-])c1nc(C(C)(C)C)cs1. The van der Waals surface area contributed by atoms with Crippen LogP contribution in [0.5, 0.6) is 0 Å². The highest BCUT2D eigenvalue weighted by atomic mass is 32.1. The molecule has 7 heteroatoms. The normalized spacial score (nSPS) is 13.0. The van der Waals surface area contributed by atoms with Gasteiger partial charge in [-0.05, 0) is 19.1 Å². The highest BCUT2D eigenvalue weighted by Gasteiger charge is 2.23. The van der Waals surface area contributed by atoms with Gasteiger partial charge < -0.3 is 5.32 Å². The predicted molar refractivity (Wildman–Crippen MR) is 85.9 cm³/mol. The van der Waals surface area contributed by atoms with Gasteiger partial charge in [-0.1, -0.05) is 26.8 Å². The van der Waals surface area contributed by atoms with E-state index in [0.717, 1.165) is 16.8 Å². The number of nitrogens with zero attached hydrogens (tertiary/aromatic N) is 2. The van der Waals surface area contributed by atoms with Crippen LogP contribution in [0.25, 0.3) is 0 Å². The maximum absolute atomic E-state index is 13.6. The predicted octanol–water partition coefficient (Wildman–Crippen LogP) is 4.66. The lowest BCUT2D eigenvalue weighted by molar-refractivity contribution is -0.386. The topological polar surface area (TPSA) is 68.1 Å². The minimum absolute atomic E-state index is 0.0562.